The Morgan fingerprint density at radius 3 is 1.17 bits per heavy atom. The average Bonchev–Trinajstić information content (AvgIpc) is 4.03. The van der Waals surface area contributed by atoms with Crippen molar-refractivity contribution in [1.29, 1.82) is 0 Å². The quantitative estimate of drug-likeness (QED) is 0.0935. The number of rotatable bonds is 15. The van der Waals surface area contributed by atoms with E-state index in [0.717, 1.165) is 64.7 Å². The molecule has 72 heavy (non-hydrogen) atoms. The van der Waals surface area contributed by atoms with Gasteiger partial charge in [-0.05, 0) is 92.6 Å². The number of alkyl halides is 9. The van der Waals surface area contributed by atoms with Gasteiger partial charge in [-0.1, -0.05) is 36.4 Å². The van der Waals surface area contributed by atoms with E-state index < -0.39 is 100 Å². The van der Waals surface area contributed by atoms with Crippen LogP contribution in [-0.2, 0) is 36.1 Å². The molecule has 0 saturated carbocycles. The first kappa shape index (κ1) is 51.8. The summed E-state index contributed by atoms with van der Waals surface area (Å²) in [4.78, 5) is 7.46. The van der Waals surface area contributed by atoms with Gasteiger partial charge in [0.15, 0.2) is 11.2 Å². The first-order chi connectivity index (χ1) is 33.8. The Bertz CT molecular complexity index is 2870. The normalized spacial score (nSPS) is 13.9. The third-order valence-corrected chi connectivity index (χ3v) is 10.4. The maximum absolute atomic E-state index is 15.8. The fourth-order valence-corrected chi connectivity index (χ4v) is 7.03. The van der Waals surface area contributed by atoms with Gasteiger partial charge in [0.25, 0.3) is 0 Å². The van der Waals surface area contributed by atoms with Crippen LogP contribution in [-0.4, -0.2) is 73.1 Å². The second-order valence-electron chi connectivity index (χ2n) is 15.5. The number of hydrogen-bond acceptors (Lipinski definition) is 12. The van der Waals surface area contributed by atoms with Crippen molar-refractivity contribution in [3.63, 3.8) is 0 Å². The van der Waals surface area contributed by atoms with Crippen LogP contribution in [0.2, 0.25) is 0 Å². The smallest absolute Gasteiger partial charge is 0.433 e. The van der Waals surface area contributed by atoms with Gasteiger partial charge in [0, 0.05) is 53.7 Å². The zero-order chi connectivity index (χ0) is 52.3. The number of halogens is 13. The molecule has 376 valence electrons. The largest absolute Gasteiger partial charge is 0.573 e. The van der Waals surface area contributed by atoms with Crippen molar-refractivity contribution in [2.45, 2.75) is 55.5 Å². The molecule has 2 N–H and O–H groups in total. The van der Waals surface area contributed by atoms with E-state index in [1.807, 2.05) is 0 Å². The number of aromatic nitrogens is 10. The fraction of sp³-hybridized carbons (Fsp3) is 0.200. The molecule has 0 aliphatic rings. The minimum atomic E-state index is -4.88. The summed E-state index contributed by atoms with van der Waals surface area (Å²) in [5, 5.41) is 42.4. The van der Waals surface area contributed by atoms with Crippen LogP contribution in [0.5, 0.6) is 11.5 Å². The molecule has 8 aromatic rings. The molecule has 0 saturated heterocycles. The molecular weight excluding hydrogens is 992 g/mol. The molecule has 0 amide bonds. The van der Waals surface area contributed by atoms with Crippen LogP contribution in [0.1, 0.15) is 29.4 Å². The number of pyridine rings is 2. The third-order valence-electron chi connectivity index (χ3n) is 10.4. The second kappa shape index (κ2) is 20.0. The minimum Gasteiger partial charge on any atom is -0.433 e. The molecule has 4 aromatic carbocycles. The van der Waals surface area contributed by atoms with E-state index in [0.29, 0.717) is 53.9 Å². The van der Waals surface area contributed by atoms with Gasteiger partial charge in [-0.15, -0.1) is 23.4 Å². The zero-order valence-electron chi connectivity index (χ0n) is 36.2. The number of nitrogens with zero attached hydrogens (tertiary/aromatic N) is 10. The summed E-state index contributed by atoms with van der Waals surface area (Å²) >= 11 is 0. The van der Waals surface area contributed by atoms with E-state index in [1.165, 1.54) is 48.5 Å². The Morgan fingerprint density at radius 1 is 0.486 bits per heavy atom. The summed E-state index contributed by atoms with van der Waals surface area (Å²) in [5.74, 6) is -13.9. The Kier molecular flexibility index (Phi) is 14.4. The molecule has 4 aromatic heterocycles. The number of benzene rings is 4. The first-order valence-corrected chi connectivity index (χ1v) is 20.3. The van der Waals surface area contributed by atoms with Gasteiger partial charge in [0.2, 0.25) is 0 Å². The summed E-state index contributed by atoms with van der Waals surface area (Å²) in [6.07, 6.45) is -4.31. The Morgan fingerprint density at radius 2 is 0.861 bits per heavy atom. The van der Waals surface area contributed by atoms with Gasteiger partial charge in [0.1, 0.15) is 58.8 Å². The summed E-state index contributed by atoms with van der Waals surface area (Å²) in [5.41, 5.74) is -8.87. The number of aliphatic hydroxyl groups is 2. The predicted octanol–water partition coefficient (Wildman–Crippen LogP) is 9.28. The standard InChI is InChI=1S/C23H17F6N5O2.C22H14F7N5O2/c1-21(26,27)36-17-6-2-14(3-7-17)15-4-9-20(30-11-15)23(28,29)22(35,12-34-13-31-32-33-34)18-8-5-16(24)10-19(18)25;23-15-4-7-17(18(24)9-15)20(35,11-34-12-31-32-33-34)21(25,26)19-8-3-14(10-30-19)13-1-5-16(6-2-13)36-22(27,28)29/h2-11,13,35H,12H2,1H3;1-10,12,35H,11H2/t22-;20-/m10/s1. The zero-order valence-corrected chi connectivity index (χ0v) is 36.2. The topological polar surface area (TPSA) is 172 Å². The van der Waals surface area contributed by atoms with Crippen LogP contribution >= 0.6 is 0 Å². The lowest BCUT2D eigenvalue weighted by Gasteiger charge is -2.35. The summed E-state index contributed by atoms with van der Waals surface area (Å²) in [7, 11) is 0. The maximum atomic E-state index is 15.8. The Balaban J connectivity index is 0.000000211. The third kappa shape index (κ3) is 11.4. The van der Waals surface area contributed by atoms with Crippen LogP contribution in [0, 0.1) is 23.3 Å². The highest BCUT2D eigenvalue weighted by atomic mass is 19.4. The van der Waals surface area contributed by atoms with Gasteiger partial charge in [-0.2, -0.15) is 26.3 Å². The molecule has 2 atom stereocenters. The van der Waals surface area contributed by atoms with Crippen molar-refractivity contribution in [3.05, 3.63) is 180 Å². The lowest BCUT2D eigenvalue weighted by molar-refractivity contribution is -0.274. The molecule has 27 heteroatoms. The van der Waals surface area contributed by atoms with E-state index in [4.69, 9.17) is 0 Å². The molecule has 0 unspecified atom stereocenters. The highest BCUT2D eigenvalue weighted by Crippen LogP contribution is 2.48. The fourth-order valence-electron chi connectivity index (χ4n) is 7.03. The Hall–Kier alpha value is -8.07. The van der Waals surface area contributed by atoms with E-state index in [-0.39, 0.29) is 11.3 Å². The molecule has 0 radical (unpaired) electrons. The average molecular weight is 1020 g/mol. The number of tetrazole rings is 2. The highest BCUT2D eigenvalue weighted by Gasteiger charge is 2.59. The maximum Gasteiger partial charge on any atom is 0.573 e. The Labute approximate surface area is 395 Å². The van der Waals surface area contributed by atoms with Crippen LogP contribution in [0.25, 0.3) is 22.3 Å². The number of ether oxygens (including phenoxy) is 2. The van der Waals surface area contributed by atoms with Crippen molar-refractivity contribution < 1.29 is 76.8 Å². The molecule has 0 bridgehead atoms. The lowest BCUT2D eigenvalue weighted by atomic mass is 9.84. The molecule has 0 aliphatic heterocycles. The molecule has 4 heterocycles. The summed E-state index contributed by atoms with van der Waals surface area (Å²) in [6.45, 7) is -1.41. The molecule has 8 rings (SSSR count). The first-order valence-electron chi connectivity index (χ1n) is 20.3. The minimum absolute atomic E-state index is 0.101. The van der Waals surface area contributed by atoms with Crippen molar-refractivity contribution in [3.8, 4) is 33.8 Å². The van der Waals surface area contributed by atoms with E-state index >= 15 is 17.6 Å². The second-order valence-corrected chi connectivity index (χ2v) is 15.5. The van der Waals surface area contributed by atoms with Crippen LogP contribution < -0.4 is 9.47 Å². The highest BCUT2D eigenvalue weighted by molar-refractivity contribution is 5.64. The number of hydrogen-bond donors (Lipinski definition) is 2. The van der Waals surface area contributed by atoms with E-state index in [9.17, 15) is 49.7 Å². The van der Waals surface area contributed by atoms with Crippen LogP contribution in [0.15, 0.2) is 134 Å². The van der Waals surface area contributed by atoms with Gasteiger partial charge < -0.3 is 19.7 Å². The van der Waals surface area contributed by atoms with Gasteiger partial charge >= 0.3 is 24.3 Å². The monoisotopic (exact) mass is 1020 g/mol. The van der Waals surface area contributed by atoms with E-state index in [1.54, 1.807) is 0 Å². The van der Waals surface area contributed by atoms with Crippen molar-refractivity contribution in [1.82, 2.24) is 50.4 Å². The molecule has 0 aliphatic carbocycles. The van der Waals surface area contributed by atoms with Gasteiger partial charge in [0.05, 0.1) is 13.1 Å². The van der Waals surface area contributed by atoms with Crippen molar-refractivity contribution >= 4 is 0 Å². The predicted molar refractivity (Wildman–Crippen MR) is 221 cm³/mol. The van der Waals surface area contributed by atoms with E-state index in [2.05, 4.69) is 50.5 Å². The summed E-state index contributed by atoms with van der Waals surface area (Å²) in [6, 6.07) is 17.8. The summed E-state index contributed by atoms with van der Waals surface area (Å²) < 4.78 is 192. The molecular formula is C45H31F13N10O4. The van der Waals surface area contributed by atoms with Crippen LogP contribution in [0.4, 0.5) is 57.1 Å². The van der Waals surface area contributed by atoms with Gasteiger partial charge in [-0.3, -0.25) is 9.97 Å². The molecule has 0 spiro atoms. The SMILES string of the molecule is CC(F)(F)Oc1ccc(-c2ccc(C(F)(F)[C@@](O)(Cn3cnnn3)c3ccc(F)cc3F)nc2)cc1.O[C@@](Cn1cnnn1)(c1ccc(F)cc1F)C(F)(F)c1ccc(-c2ccc(OC(F)(F)F)cc2)cn1. The molecule has 0 fully saturated rings. The van der Waals surface area contributed by atoms with Gasteiger partial charge in [-0.25, -0.2) is 26.9 Å². The van der Waals surface area contributed by atoms with Crippen molar-refractivity contribution in [2.75, 3.05) is 0 Å². The lowest BCUT2D eigenvalue weighted by Crippen LogP contribution is -2.48. The van der Waals surface area contributed by atoms with Crippen molar-refractivity contribution in [2.24, 2.45) is 0 Å². The molecule has 14 nitrogen and oxygen atoms in total. The van der Waals surface area contributed by atoms with Crippen LogP contribution in [0.3, 0.4) is 0 Å².